The summed E-state index contributed by atoms with van der Waals surface area (Å²) in [4.78, 5) is 24.9. The molecule has 3 aromatic carbocycles. The number of carbonyl (C=O) groups is 2. The molecule has 0 aliphatic rings. The van der Waals surface area contributed by atoms with Gasteiger partial charge < -0.3 is 20.7 Å². The smallest absolute Gasteiger partial charge is 0.257 e. The van der Waals surface area contributed by atoms with E-state index in [1.807, 2.05) is 24.3 Å². The third kappa shape index (κ3) is 6.46. The minimum absolute atomic E-state index is 0.00418. The Labute approximate surface area is 190 Å². The van der Waals surface area contributed by atoms with Gasteiger partial charge in [-0.2, -0.15) is 0 Å². The number of carbonyl (C=O) groups excluding carboxylic acids is 2. The Morgan fingerprint density at radius 1 is 1.00 bits per heavy atom. The lowest BCUT2D eigenvalue weighted by Crippen LogP contribution is -2.31. The molecule has 0 heterocycles. The zero-order valence-corrected chi connectivity index (χ0v) is 18.2. The Kier molecular flexibility index (Phi) is 8.05. The Bertz CT molecular complexity index is 1090. The summed E-state index contributed by atoms with van der Waals surface area (Å²) in [7, 11) is 1.61. The molecular formula is C24H23ClFN3O3. The molecule has 6 nitrogen and oxygen atoms in total. The molecular weight excluding hydrogens is 433 g/mol. The van der Waals surface area contributed by atoms with E-state index in [0.29, 0.717) is 29.9 Å². The highest BCUT2D eigenvalue weighted by atomic mass is 35.5. The Morgan fingerprint density at radius 2 is 1.75 bits per heavy atom. The fraction of sp³-hybridized carbons (Fsp3) is 0.167. The zero-order chi connectivity index (χ0) is 22.9. The summed E-state index contributed by atoms with van der Waals surface area (Å²) in [6.45, 7) is 0.488. The van der Waals surface area contributed by atoms with E-state index in [2.05, 4.69) is 16.0 Å². The maximum atomic E-state index is 13.2. The van der Waals surface area contributed by atoms with Crippen molar-refractivity contribution in [3.05, 3.63) is 88.7 Å². The molecule has 0 radical (unpaired) electrons. The third-order valence-electron chi connectivity index (χ3n) is 4.69. The van der Waals surface area contributed by atoms with E-state index in [1.54, 1.807) is 31.4 Å². The minimum atomic E-state index is -0.493. The van der Waals surface area contributed by atoms with Gasteiger partial charge in [-0.15, -0.1) is 0 Å². The highest BCUT2D eigenvalue weighted by Crippen LogP contribution is 2.24. The van der Waals surface area contributed by atoms with Crippen molar-refractivity contribution >= 4 is 34.8 Å². The number of ether oxygens (including phenoxy) is 1. The fourth-order valence-corrected chi connectivity index (χ4v) is 3.21. The number of hydrogen-bond donors (Lipinski definition) is 3. The summed E-state index contributed by atoms with van der Waals surface area (Å²) in [5.74, 6) is -0.337. The molecule has 0 saturated heterocycles. The predicted molar refractivity (Wildman–Crippen MR) is 124 cm³/mol. The van der Waals surface area contributed by atoms with Crippen molar-refractivity contribution in [2.45, 2.75) is 6.42 Å². The Balaban J connectivity index is 1.52. The van der Waals surface area contributed by atoms with Gasteiger partial charge in [0.25, 0.3) is 5.91 Å². The summed E-state index contributed by atoms with van der Waals surface area (Å²) in [5.41, 5.74) is 2.21. The number of benzene rings is 3. The molecule has 8 heteroatoms. The van der Waals surface area contributed by atoms with Crippen LogP contribution >= 0.6 is 11.6 Å². The highest BCUT2D eigenvalue weighted by molar-refractivity contribution is 6.34. The van der Waals surface area contributed by atoms with E-state index < -0.39 is 11.7 Å². The normalized spacial score (nSPS) is 10.3. The van der Waals surface area contributed by atoms with Crippen molar-refractivity contribution in [3.63, 3.8) is 0 Å². The number of anilines is 2. The minimum Gasteiger partial charge on any atom is -0.497 e. The zero-order valence-electron chi connectivity index (χ0n) is 17.5. The third-order valence-corrected chi connectivity index (χ3v) is 5.00. The molecule has 32 heavy (non-hydrogen) atoms. The van der Waals surface area contributed by atoms with Crippen LogP contribution in [0.2, 0.25) is 5.02 Å². The fourth-order valence-electron chi connectivity index (χ4n) is 2.99. The van der Waals surface area contributed by atoms with Gasteiger partial charge in [0, 0.05) is 12.2 Å². The van der Waals surface area contributed by atoms with Gasteiger partial charge in [-0.3, -0.25) is 9.59 Å². The SMILES string of the molecule is COc1ccc(CCNC(=O)CNc2ccccc2C(=O)Nc2ccc(F)cc2Cl)cc1. The second kappa shape index (κ2) is 11.2. The van der Waals surface area contributed by atoms with Gasteiger partial charge in [-0.1, -0.05) is 35.9 Å². The first-order valence-electron chi connectivity index (χ1n) is 9.95. The average molecular weight is 456 g/mol. The predicted octanol–water partition coefficient (Wildman–Crippen LogP) is 4.51. The maximum Gasteiger partial charge on any atom is 0.257 e. The molecule has 0 aliphatic carbocycles. The number of halogens is 2. The quantitative estimate of drug-likeness (QED) is 0.443. The van der Waals surface area contributed by atoms with Crippen molar-refractivity contribution in [3.8, 4) is 5.75 Å². The molecule has 0 aromatic heterocycles. The van der Waals surface area contributed by atoms with Crippen molar-refractivity contribution in [1.82, 2.24) is 5.32 Å². The second-order valence-electron chi connectivity index (χ2n) is 6.93. The van der Waals surface area contributed by atoms with Crippen LogP contribution in [0.3, 0.4) is 0 Å². The summed E-state index contributed by atoms with van der Waals surface area (Å²) in [6.07, 6.45) is 0.688. The molecule has 3 rings (SSSR count). The lowest BCUT2D eigenvalue weighted by Gasteiger charge is -2.13. The van der Waals surface area contributed by atoms with E-state index in [0.717, 1.165) is 17.4 Å². The molecule has 3 N–H and O–H groups in total. The summed E-state index contributed by atoms with van der Waals surface area (Å²) in [6, 6.07) is 18.2. The number of methoxy groups -OCH3 is 1. The van der Waals surface area contributed by atoms with Crippen LogP contribution in [0.15, 0.2) is 66.7 Å². The van der Waals surface area contributed by atoms with Crippen LogP contribution in [0.5, 0.6) is 5.75 Å². The van der Waals surface area contributed by atoms with Gasteiger partial charge in [0.1, 0.15) is 11.6 Å². The molecule has 0 saturated carbocycles. The lowest BCUT2D eigenvalue weighted by molar-refractivity contribution is -0.119. The van der Waals surface area contributed by atoms with Gasteiger partial charge in [-0.25, -0.2) is 4.39 Å². The summed E-state index contributed by atoms with van der Waals surface area (Å²) >= 11 is 5.98. The van der Waals surface area contributed by atoms with Crippen molar-refractivity contribution in [1.29, 1.82) is 0 Å². The average Bonchev–Trinajstić information content (AvgIpc) is 2.80. The van der Waals surface area contributed by atoms with Gasteiger partial charge in [-0.05, 0) is 54.4 Å². The van der Waals surface area contributed by atoms with E-state index in [-0.39, 0.29) is 17.5 Å². The second-order valence-corrected chi connectivity index (χ2v) is 7.33. The van der Waals surface area contributed by atoms with E-state index >= 15 is 0 Å². The summed E-state index contributed by atoms with van der Waals surface area (Å²) in [5, 5.41) is 8.58. The largest absolute Gasteiger partial charge is 0.497 e. The van der Waals surface area contributed by atoms with Crippen LogP contribution in [0.25, 0.3) is 0 Å². The maximum absolute atomic E-state index is 13.2. The van der Waals surface area contributed by atoms with Crippen LogP contribution in [-0.4, -0.2) is 32.0 Å². The Morgan fingerprint density at radius 3 is 2.47 bits per heavy atom. The van der Waals surface area contributed by atoms with Crippen LogP contribution in [0.1, 0.15) is 15.9 Å². The first-order valence-corrected chi connectivity index (χ1v) is 10.3. The van der Waals surface area contributed by atoms with E-state index in [9.17, 15) is 14.0 Å². The van der Waals surface area contributed by atoms with Crippen LogP contribution < -0.4 is 20.7 Å². The molecule has 0 atom stereocenters. The molecule has 0 unspecified atom stereocenters. The first kappa shape index (κ1) is 23.1. The highest BCUT2D eigenvalue weighted by Gasteiger charge is 2.14. The van der Waals surface area contributed by atoms with Gasteiger partial charge >= 0.3 is 0 Å². The number of para-hydroxylation sites is 1. The molecule has 0 spiro atoms. The molecule has 0 fully saturated rings. The number of amides is 2. The molecule has 2 amide bonds. The lowest BCUT2D eigenvalue weighted by atomic mass is 10.1. The monoisotopic (exact) mass is 455 g/mol. The number of hydrogen-bond acceptors (Lipinski definition) is 4. The molecule has 166 valence electrons. The van der Waals surface area contributed by atoms with Gasteiger partial charge in [0.05, 0.1) is 29.9 Å². The Hall–Kier alpha value is -3.58. The number of nitrogens with one attached hydrogen (secondary N) is 3. The van der Waals surface area contributed by atoms with Crippen molar-refractivity contribution < 1.29 is 18.7 Å². The van der Waals surface area contributed by atoms with Gasteiger partial charge in [0.2, 0.25) is 5.91 Å². The summed E-state index contributed by atoms with van der Waals surface area (Å²) < 4.78 is 18.3. The van der Waals surface area contributed by atoms with Crippen LogP contribution in [0, 0.1) is 5.82 Å². The molecule has 3 aromatic rings. The van der Waals surface area contributed by atoms with E-state index in [1.165, 1.54) is 12.1 Å². The van der Waals surface area contributed by atoms with Crippen molar-refractivity contribution in [2.24, 2.45) is 0 Å². The van der Waals surface area contributed by atoms with E-state index in [4.69, 9.17) is 16.3 Å². The van der Waals surface area contributed by atoms with Crippen LogP contribution in [-0.2, 0) is 11.2 Å². The molecule has 0 bridgehead atoms. The number of rotatable bonds is 9. The first-order chi connectivity index (χ1) is 15.5. The topological polar surface area (TPSA) is 79.5 Å². The standard InChI is InChI=1S/C24H23ClFN3O3/c1-32-18-9-6-16(7-10-18)12-13-27-23(30)15-28-21-5-3-2-4-19(21)24(31)29-22-11-8-17(26)14-20(22)25/h2-11,14,28H,12-13,15H2,1H3,(H,27,30)(H,29,31). The van der Waals surface area contributed by atoms with Gasteiger partial charge in [0.15, 0.2) is 0 Å². The van der Waals surface area contributed by atoms with Crippen molar-refractivity contribution in [2.75, 3.05) is 30.8 Å². The molecule has 0 aliphatic heterocycles. The van der Waals surface area contributed by atoms with Crippen LogP contribution in [0.4, 0.5) is 15.8 Å².